The Balaban J connectivity index is 2.03. The van der Waals surface area contributed by atoms with Crippen LogP contribution in [0, 0.1) is 17.0 Å². The lowest BCUT2D eigenvalue weighted by Crippen LogP contribution is -2.33. The fraction of sp³-hybridized carbons (Fsp3) is 0.278. The molecule has 0 radical (unpaired) electrons. The van der Waals surface area contributed by atoms with E-state index < -0.39 is 4.92 Å². The largest absolute Gasteiger partial charge is 0.484 e. The van der Waals surface area contributed by atoms with Gasteiger partial charge in [-0.2, -0.15) is 0 Å². The molecule has 2 aromatic rings. The van der Waals surface area contributed by atoms with Gasteiger partial charge >= 0.3 is 0 Å². The molecule has 0 aliphatic carbocycles. The molecule has 0 fully saturated rings. The molecule has 0 aliphatic rings. The van der Waals surface area contributed by atoms with Crippen LogP contribution in [-0.4, -0.2) is 29.4 Å². The number of rotatable bonds is 6. The van der Waals surface area contributed by atoms with Crippen molar-refractivity contribution in [1.29, 1.82) is 0 Å². The van der Waals surface area contributed by atoms with E-state index in [9.17, 15) is 14.9 Å². The smallest absolute Gasteiger partial charge is 0.269 e. The summed E-state index contributed by atoms with van der Waals surface area (Å²) in [5.74, 6) is 0.472. The maximum atomic E-state index is 12.3. The quantitative estimate of drug-likeness (QED) is 0.601. The summed E-state index contributed by atoms with van der Waals surface area (Å²) in [6.07, 6.45) is 0. The minimum absolute atomic E-state index is 0.0105. The second kappa shape index (κ2) is 7.59. The van der Waals surface area contributed by atoms with Crippen molar-refractivity contribution in [2.24, 2.45) is 0 Å². The number of nitro groups is 1. The van der Waals surface area contributed by atoms with Crippen LogP contribution in [0.1, 0.15) is 24.1 Å². The molecule has 0 N–H and O–H groups in total. The van der Waals surface area contributed by atoms with Gasteiger partial charge < -0.3 is 9.64 Å². The van der Waals surface area contributed by atoms with Crippen molar-refractivity contribution in [2.75, 3.05) is 13.7 Å². The SMILES string of the molecule is Cc1ccccc1OCC(=O)N(C)C(C)c1cccc([N+](=O)[O-])c1. The predicted molar refractivity (Wildman–Crippen MR) is 91.0 cm³/mol. The van der Waals surface area contributed by atoms with Gasteiger partial charge in [0.1, 0.15) is 5.75 Å². The zero-order chi connectivity index (χ0) is 17.7. The Morgan fingerprint density at radius 3 is 2.62 bits per heavy atom. The molecular weight excluding hydrogens is 308 g/mol. The molecule has 0 saturated heterocycles. The number of para-hydroxylation sites is 1. The van der Waals surface area contributed by atoms with E-state index in [-0.39, 0.29) is 24.2 Å². The highest BCUT2D eigenvalue weighted by Gasteiger charge is 2.19. The molecule has 126 valence electrons. The highest BCUT2D eigenvalue weighted by atomic mass is 16.6. The minimum Gasteiger partial charge on any atom is -0.484 e. The van der Waals surface area contributed by atoms with E-state index in [2.05, 4.69) is 0 Å². The number of carbonyl (C=O) groups excluding carboxylic acids is 1. The number of carbonyl (C=O) groups is 1. The van der Waals surface area contributed by atoms with Gasteiger partial charge in [-0.3, -0.25) is 14.9 Å². The molecule has 0 heterocycles. The van der Waals surface area contributed by atoms with E-state index in [4.69, 9.17) is 4.74 Å². The average molecular weight is 328 g/mol. The summed E-state index contributed by atoms with van der Waals surface area (Å²) in [4.78, 5) is 24.3. The molecule has 2 aromatic carbocycles. The molecule has 24 heavy (non-hydrogen) atoms. The van der Waals surface area contributed by atoms with E-state index in [0.29, 0.717) is 11.3 Å². The summed E-state index contributed by atoms with van der Waals surface area (Å²) in [7, 11) is 1.66. The number of ether oxygens (including phenoxy) is 1. The maximum absolute atomic E-state index is 12.3. The van der Waals surface area contributed by atoms with Gasteiger partial charge in [0.25, 0.3) is 11.6 Å². The highest BCUT2D eigenvalue weighted by Crippen LogP contribution is 2.23. The number of nitro benzene ring substituents is 1. The van der Waals surface area contributed by atoms with Crippen LogP contribution in [0.3, 0.4) is 0 Å². The fourth-order valence-corrected chi connectivity index (χ4v) is 2.30. The van der Waals surface area contributed by atoms with Crippen molar-refractivity contribution in [2.45, 2.75) is 19.9 Å². The number of hydrogen-bond donors (Lipinski definition) is 0. The van der Waals surface area contributed by atoms with E-state index in [0.717, 1.165) is 5.56 Å². The maximum Gasteiger partial charge on any atom is 0.269 e. The number of hydrogen-bond acceptors (Lipinski definition) is 4. The Bertz CT molecular complexity index is 745. The topological polar surface area (TPSA) is 72.7 Å². The van der Waals surface area contributed by atoms with Gasteiger partial charge in [-0.15, -0.1) is 0 Å². The standard InChI is InChI=1S/C18H20N2O4/c1-13-7-4-5-10-17(13)24-12-18(21)19(3)14(2)15-8-6-9-16(11-15)20(22)23/h4-11,14H,12H2,1-3H3. The molecule has 1 atom stereocenters. The van der Waals surface area contributed by atoms with E-state index in [1.54, 1.807) is 19.2 Å². The highest BCUT2D eigenvalue weighted by molar-refractivity contribution is 5.78. The summed E-state index contributed by atoms with van der Waals surface area (Å²) >= 11 is 0. The molecule has 0 saturated carbocycles. The first-order chi connectivity index (χ1) is 11.4. The van der Waals surface area contributed by atoms with Crippen molar-refractivity contribution >= 4 is 11.6 Å². The molecule has 6 heteroatoms. The number of aryl methyl sites for hydroxylation is 1. The van der Waals surface area contributed by atoms with Gasteiger partial charge in [0.15, 0.2) is 6.61 Å². The predicted octanol–water partition coefficient (Wildman–Crippen LogP) is 3.50. The number of amides is 1. The van der Waals surface area contributed by atoms with Crippen molar-refractivity contribution in [3.05, 3.63) is 69.8 Å². The lowest BCUT2D eigenvalue weighted by atomic mass is 10.1. The van der Waals surface area contributed by atoms with Crippen LogP contribution >= 0.6 is 0 Å². The Morgan fingerprint density at radius 1 is 1.25 bits per heavy atom. The Hall–Kier alpha value is -2.89. The summed E-state index contributed by atoms with van der Waals surface area (Å²) in [6.45, 7) is 3.65. The van der Waals surface area contributed by atoms with Crippen molar-refractivity contribution in [3.8, 4) is 5.75 Å². The van der Waals surface area contributed by atoms with Gasteiger partial charge in [-0.05, 0) is 31.0 Å². The third kappa shape index (κ3) is 4.10. The summed E-state index contributed by atoms with van der Waals surface area (Å²) in [5, 5.41) is 10.9. The number of nitrogens with zero attached hydrogens (tertiary/aromatic N) is 2. The van der Waals surface area contributed by atoms with Gasteiger partial charge in [0.2, 0.25) is 0 Å². The summed E-state index contributed by atoms with van der Waals surface area (Å²) in [5.41, 5.74) is 1.67. The molecule has 2 rings (SSSR count). The number of likely N-dealkylation sites (N-methyl/N-ethyl adjacent to an activating group) is 1. The Kier molecular flexibility index (Phi) is 5.52. The second-order valence-electron chi connectivity index (χ2n) is 5.59. The van der Waals surface area contributed by atoms with Crippen LogP contribution in [0.2, 0.25) is 0 Å². The Labute approximate surface area is 140 Å². The van der Waals surface area contributed by atoms with Gasteiger partial charge in [0.05, 0.1) is 11.0 Å². The lowest BCUT2D eigenvalue weighted by molar-refractivity contribution is -0.384. The molecule has 0 aromatic heterocycles. The van der Waals surface area contributed by atoms with Gasteiger partial charge in [-0.25, -0.2) is 0 Å². The first-order valence-electron chi connectivity index (χ1n) is 7.58. The molecule has 1 unspecified atom stereocenters. The van der Waals surface area contributed by atoms with E-state index in [1.165, 1.54) is 17.0 Å². The third-order valence-electron chi connectivity index (χ3n) is 3.98. The molecule has 1 amide bonds. The summed E-state index contributed by atoms with van der Waals surface area (Å²) < 4.78 is 5.57. The average Bonchev–Trinajstić information content (AvgIpc) is 2.59. The normalized spacial score (nSPS) is 11.6. The van der Waals surface area contributed by atoms with Crippen LogP contribution in [0.4, 0.5) is 5.69 Å². The molecule has 0 aliphatic heterocycles. The molecule has 0 spiro atoms. The monoisotopic (exact) mass is 328 g/mol. The van der Waals surface area contributed by atoms with Crippen molar-refractivity contribution in [1.82, 2.24) is 4.90 Å². The van der Waals surface area contributed by atoms with Crippen LogP contribution in [0.25, 0.3) is 0 Å². The summed E-state index contributed by atoms with van der Waals surface area (Å²) in [6, 6.07) is 13.5. The molecule has 0 bridgehead atoms. The van der Waals surface area contributed by atoms with Crippen LogP contribution in [-0.2, 0) is 4.79 Å². The van der Waals surface area contributed by atoms with Crippen molar-refractivity contribution in [3.63, 3.8) is 0 Å². The lowest BCUT2D eigenvalue weighted by Gasteiger charge is -2.25. The molecular formula is C18H20N2O4. The van der Waals surface area contributed by atoms with E-state index in [1.807, 2.05) is 38.1 Å². The second-order valence-corrected chi connectivity index (χ2v) is 5.59. The minimum atomic E-state index is -0.445. The number of benzene rings is 2. The first kappa shape index (κ1) is 17.5. The fourth-order valence-electron chi connectivity index (χ4n) is 2.30. The first-order valence-corrected chi connectivity index (χ1v) is 7.58. The zero-order valence-electron chi connectivity index (χ0n) is 13.9. The number of non-ortho nitro benzene ring substituents is 1. The van der Waals surface area contributed by atoms with Crippen LogP contribution in [0.15, 0.2) is 48.5 Å². The zero-order valence-corrected chi connectivity index (χ0v) is 13.9. The van der Waals surface area contributed by atoms with E-state index >= 15 is 0 Å². The third-order valence-corrected chi connectivity index (χ3v) is 3.98. The Morgan fingerprint density at radius 2 is 1.96 bits per heavy atom. The van der Waals surface area contributed by atoms with Crippen LogP contribution < -0.4 is 4.74 Å². The van der Waals surface area contributed by atoms with Crippen LogP contribution in [0.5, 0.6) is 5.75 Å². The molecule has 6 nitrogen and oxygen atoms in total. The van der Waals surface area contributed by atoms with Gasteiger partial charge in [0, 0.05) is 19.2 Å². The van der Waals surface area contributed by atoms with Gasteiger partial charge in [-0.1, -0.05) is 30.3 Å². The van der Waals surface area contributed by atoms with Crippen molar-refractivity contribution < 1.29 is 14.5 Å².